The molecule has 0 aliphatic heterocycles. The van der Waals surface area contributed by atoms with Crippen molar-refractivity contribution in [2.24, 2.45) is 7.05 Å². The van der Waals surface area contributed by atoms with E-state index in [9.17, 15) is 13.8 Å². The summed E-state index contributed by atoms with van der Waals surface area (Å²) < 4.78 is 19.9. The summed E-state index contributed by atoms with van der Waals surface area (Å²) >= 11 is 0. The van der Waals surface area contributed by atoms with E-state index in [0.29, 0.717) is 12.3 Å². The van der Waals surface area contributed by atoms with Crippen LogP contribution >= 0.6 is 0 Å². The Morgan fingerprint density at radius 2 is 1.72 bits per heavy atom. The third-order valence-electron chi connectivity index (χ3n) is 4.38. The van der Waals surface area contributed by atoms with Crippen LogP contribution in [0.4, 0.5) is 0 Å². The van der Waals surface area contributed by atoms with Gasteiger partial charge in [-0.05, 0) is 23.3 Å². The smallest absolute Gasteiger partial charge is 0.335 e. The van der Waals surface area contributed by atoms with Crippen LogP contribution in [0.25, 0.3) is 0 Å². The molecule has 0 fully saturated rings. The van der Waals surface area contributed by atoms with E-state index in [1.165, 1.54) is 18.2 Å². The number of benzene rings is 2. The maximum atomic E-state index is 12.5. The van der Waals surface area contributed by atoms with E-state index in [1.807, 2.05) is 30.3 Å². The third-order valence-corrected chi connectivity index (χ3v) is 5.65. The Bertz CT molecular complexity index is 1070. The van der Waals surface area contributed by atoms with E-state index < -0.39 is 16.8 Å². The fourth-order valence-electron chi connectivity index (χ4n) is 2.78. The van der Waals surface area contributed by atoms with Gasteiger partial charge in [0.05, 0.1) is 17.5 Å². The number of ether oxygens (including phenoxy) is 1. The lowest BCUT2D eigenvalue weighted by Gasteiger charge is -2.12. The van der Waals surface area contributed by atoms with Crippen molar-refractivity contribution in [3.63, 3.8) is 0 Å². The Morgan fingerprint density at radius 1 is 1.03 bits per heavy atom. The second-order valence-electron chi connectivity index (χ2n) is 6.61. The van der Waals surface area contributed by atoms with Crippen LogP contribution in [0.5, 0.6) is 5.75 Å². The molecule has 0 saturated carbocycles. The maximum absolute atomic E-state index is 12.5. The first-order valence-electron chi connectivity index (χ1n) is 8.96. The highest BCUT2D eigenvalue weighted by Gasteiger charge is 2.11. The van der Waals surface area contributed by atoms with Gasteiger partial charge in [-0.15, -0.1) is 0 Å². The molecule has 0 spiro atoms. The quantitative estimate of drug-likeness (QED) is 0.616. The summed E-state index contributed by atoms with van der Waals surface area (Å²) in [7, 11) is 0.535. The van der Waals surface area contributed by atoms with Gasteiger partial charge >= 0.3 is 5.97 Å². The van der Waals surface area contributed by atoms with Crippen molar-refractivity contribution in [1.82, 2.24) is 4.57 Å². The summed E-state index contributed by atoms with van der Waals surface area (Å²) in [6.45, 7) is 0.299. The number of nitrogens with zero attached hydrogens (tertiary/aromatic N) is 1. The summed E-state index contributed by atoms with van der Waals surface area (Å²) in [5.41, 5.74) is 2.32. The van der Waals surface area contributed by atoms with Gasteiger partial charge in [0.2, 0.25) is 5.43 Å². The first-order valence-corrected chi connectivity index (χ1v) is 10.4. The number of aryl methyl sites for hydroxylation is 1. The summed E-state index contributed by atoms with van der Waals surface area (Å²) in [6, 6.07) is 17.3. The van der Waals surface area contributed by atoms with Crippen LogP contribution in [-0.2, 0) is 36.0 Å². The summed E-state index contributed by atoms with van der Waals surface area (Å²) in [4.78, 5) is 23.3. The first-order chi connectivity index (χ1) is 13.9. The van der Waals surface area contributed by atoms with Crippen LogP contribution in [0.1, 0.15) is 27.2 Å². The van der Waals surface area contributed by atoms with E-state index in [-0.39, 0.29) is 28.2 Å². The van der Waals surface area contributed by atoms with Crippen molar-refractivity contribution < 1.29 is 18.8 Å². The lowest BCUT2D eigenvalue weighted by Crippen LogP contribution is -2.15. The molecule has 0 aliphatic rings. The molecule has 1 aromatic heterocycles. The molecule has 2 aromatic carbocycles. The Morgan fingerprint density at radius 3 is 2.38 bits per heavy atom. The number of aromatic nitrogens is 1. The molecule has 6 nitrogen and oxygen atoms in total. The first kappa shape index (κ1) is 20.5. The van der Waals surface area contributed by atoms with Crippen molar-refractivity contribution in [2.75, 3.05) is 0 Å². The highest BCUT2D eigenvalue weighted by molar-refractivity contribution is 7.83. The molecule has 3 aromatic rings. The zero-order chi connectivity index (χ0) is 20.8. The fourth-order valence-corrected chi connectivity index (χ4v) is 4.06. The maximum Gasteiger partial charge on any atom is 0.335 e. The van der Waals surface area contributed by atoms with Crippen LogP contribution in [0.3, 0.4) is 0 Å². The monoisotopic (exact) mass is 411 g/mol. The molecule has 1 atom stereocenters. The Labute approximate surface area is 170 Å². The minimum absolute atomic E-state index is 0.188. The summed E-state index contributed by atoms with van der Waals surface area (Å²) in [5, 5.41) is 8.93. The van der Waals surface area contributed by atoms with Crippen LogP contribution in [0, 0.1) is 0 Å². The van der Waals surface area contributed by atoms with Crippen LogP contribution in [0.15, 0.2) is 71.7 Å². The van der Waals surface area contributed by atoms with Gasteiger partial charge < -0.3 is 14.4 Å². The Balaban J connectivity index is 1.64. The van der Waals surface area contributed by atoms with E-state index in [2.05, 4.69) is 0 Å². The van der Waals surface area contributed by atoms with Crippen LogP contribution < -0.4 is 10.2 Å². The Hall–Kier alpha value is -3.19. The lowest BCUT2D eigenvalue weighted by atomic mass is 10.1. The zero-order valence-electron chi connectivity index (χ0n) is 15.9. The molecule has 0 radical (unpaired) electrons. The third kappa shape index (κ3) is 5.65. The van der Waals surface area contributed by atoms with Gasteiger partial charge in [-0.3, -0.25) is 9.00 Å². The van der Waals surface area contributed by atoms with Crippen molar-refractivity contribution in [3.05, 3.63) is 99.5 Å². The average Bonchev–Trinajstić information content (AvgIpc) is 2.70. The molecule has 1 N–H and O–H groups in total. The molecule has 0 amide bonds. The van der Waals surface area contributed by atoms with E-state index in [0.717, 1.165) is 11.1 Å². The van der Waals surface area contributed by atoms with Gasteiger partial charge in [0.25, 0.3) is 0 Å². The number of pyridine rings is 1. The molecule has 0 bridgehead atoms. The van der Waals surface area contributed by atoms with Crippen molar-refractivity contribution in [3.8, 4) is 5.75 Å². The van der Waals surface area contributed by atoms with E-state index in [4.69, 9.17) is 9.84 Å². The molecular weight excluding hydrogens is 390 g/mol. The van der Waals surface area contributed by atoms with Crippen LogP contribution in [0.2, 0.25) is 0 Å². The van der Waals surface area contributed by atoms with Crippen molar-refractivity contribution >= 4 is 16.8 Å². The summed E-state index contributed by atoms with van der Waals surface area (Å²) in [6.07, 6.45) is 1.61. The largest absolute Gasteiger partial charge is 0.483 e. The van der Waals surface area contributed by atoms with Crippen molar-refractivity contribution in [2.45, 2.75) is 18.1 Å². The topological polar surface area (TPSA) is 85.6 Å². The zero-order valence-corrected chi connectivity index (χ0v) is 16.7. The van der Waals surface area contributed by atoms with Gasteiger partial charge in [-0.2, -0.15) is 0 Å². The second-order valence-corrected chi connectivity index (χ2v) is 8.07. The van der Waals surface area contributed by atoms with Crippen LogP contribution in [-0.4, -0.2) is 19.9 Å². The number of aromatic carboxylic acids is 1. The number of hydrogen-bond donors (Lipinski definition) is 1. The molecule has 1 heterocycles. The molecule has 0 aliphatic carbocycles. The molecule has 150 valence electrons. The minimum Gasteiger partial charge on any atom is -0.483 e. The van der Waals surface area contributed by atoms with E-state index >= 15 is 0 Å². The molecule has 1 unspecified atom stereocenters. The standard InChI is InChI=1S/C22H21NO5S/c1-23-12-21(28-13-16-5-3-2-4-6-16)20(24)11-19(23)15-29(27)14-17-7-9-18(10-8-17)22(25)26/h2-12H,13-15H2,1H3,(H,25,26). The number of carbonyl (C=O) groups is 1. The SMILES string of the molecule is Cn1cc(OCc2ccccc2)c(=O)cc1CS(=O)Cc1ccc(C(=O)O)cc1. The average molecular weight is 411 g/mol. The molecule has 0 saturated heterocycles. The molecule has 29 heavy (non-hydrogen) atoms. The van der Waals surface area contributed by atoms with Crippen molar-refractivity contribution in [1.29, 1.82) is 0 Å². The predicted molar refractivity (Wildman–Crippen MR) is 111 cm³/mol. The second kappa shape index (κ2) is 9.34. The highest BCUT2D eigenvalue weighted by atomic mass is 32.2. The molecule has 3 rings (SSSR count). The minimum atomic E-state index is -1.25. The van der Waals surface area contributed by atoms with E-state index in [1.54, 1.807) is 29.9 Å². The van der Waals surface area contributed by atoms with Gasteiger partial charge in [0.15, 0.2) is 5.75 Å². The summed E-state index contributed by atoms with van der Waals surface area (Å²) in [5.74, 6) is -0.261. The van der Waals surface area contributed by atoms with Gasteiger partial charge in [0.1, 0.15) is 6.61 Å². The lowest BCUT2D eigenvalue weighted by molar-refractivity contribution is 0.0697. The fraction of sp³-hybridized carbons (Fsp3) is 0.182. The van der Waals surface area contributed by atoms with Gasteiger partial charge in [-0.25, -0.2) is 4.79 Å². The number of carboxylic acid groups (broad SMARTS) is 1. The number of hydrogen-bond acceptors (Lipinski definition) is 4. The highest BCUT2D eigenvalue weighted by Crippen LogP contribution is 2.13. The van der Waals surface area contributed by atoms with Gasteiger partial charge in [0, 0.05) is 35.4 Å². The number of carboxylic acids is 1. The normalized spacial score (nSPS) is 11.8. The Kier molecular flexibility index (Phi) is 6.61. The molecule has 7 heteroatoms. The predicted octanol–water partition coefficient (Wildman–Crippen LogP) is 3.11. The van der Waals surface area contributed by atoms with Gasteiger partial charge in [-0.1, -0.05) is 42.5 Å². The molecular formula is C22H21NO5S. The number of rotatable bonds is 8.